The molecule has 0 aliphatic heterocycles. The summed E-state index contributed by atoms with van der Waals surface area (Å²) in [5.41, 5.74) is 0.644. The Bertz CT molecular complexity index is 980. The summed E-state index contributed by atoms with van der Waals surface area (Å²) in [5.74, 6) is -0.841. The van der Waals surface area contributed by atoms with Crippen LogP contribution in [0.15, 0.2) is 42.0 Å². The van der Waals surface area contributed by atoms with E-state index in [1.165, 1.54) is 56.7 Å². The van der Waals surface area contributed by atoms with Crippen LogP contribution in [-0.2, 0) is 14.3 Å². The average molecular weight is 417 g/mol. The average Bonchev–Trinajstić information content (AvgIpc) is 2.72. The molecule has 2 aromatic rings. The van der Waals surface area contributed by atoms with Crippen molar-refractivity contribution in [2.24, 2.45) is 0 Å². The normalized spacial score (nSPS) is 10.6. The zero-order valence-corrected chi connectivity index (χ0v) is 16.3. The number of nitriles is 1. The monoisotopic (exact) mass is 416 g/mol. The number of carbonyl (C=O) groups is 2. The lowest BCUT2D eigenvalue weighted by atomic mass is 10.1. The Hall–Kier alpha value is -3.70. The third kappa shape index (κ3) is 5.89. The Morgan fingerprint density at radius 1 is 1.24 bits per heavy atom. The molecule has 2 aromatic carbocycles. The number of methoxy groups -OCH3 is 2. The largest absolute Gasteiger partial charge is 0.508 e. The van der Waals surface area contributed by atoms with Crippen LogP contribution in [0.2, 0.25) is 5.02 Å². The number of amides is 1. The van der Waals surface area contributed by atoms with Crippen LogP contribution in [0.3, 0.4) is 0 Å². The van der Waals surface area contributed by atoms with Gasteiger partial charge in [-0.15, -0.1) is 0 Å². The van der Waals surface area contributed by atoms with Crippen molar-refractivity contribution >= 4 is 35.2 Å². The van der Waals surface area contributed by atoms with Crippen molar-refractivity contribution in [2.75, 3.05) is 26.1 Å². The molecule has 0 heterocycles. The zero-order chi connectivity index (χ0) is 21.4. The first-order chi connectivity index (χ1) is 13.9. The van der Waals surface area contributed by atoms with Gasteiger partial charge in [0.05, 0.1) is 19.2 Å². The first-order valence-electron chi connectivity index (χ1n) is 8.17. The highest BCUT2D eigenvalue weighted by Crippen LogP contribution is 2.37. The highest BCUT2D eigenvalue weighted by molar-refractivity contribution is 6.32. The van der Waals surface area contributed by atoms with E-state index in [1.54, 1.807) is 0 Å². The zero-order valence-electron chi connectivity index (χ0n) is 15.6. The number of anilines is 1. The number of nitrogens with one attached hydrogen (secondary N) is 1. The van der Waals surface area contributed by atoms with Gasteiger partial charge in [-0.05, 0) is 48.0 Å². The number of phenols is 1. The number of aromatic hydroxyl groups is 1. The molecule has 0 radical (unpaired) electrons. The summed E-state index contributed by atoms with van der Waals surface area (Å²) in [6.45, 7) is -0.361. The van der Waals surface area contributed by atoms with Gasteiger partial charge in [-0.2, -0.15) is 5.26 Å². The minimum absolute atomic E-state index is 0.0512. The minimum atomic E-state index is -0.640. The molecule has 8 nitrogen and oxygen atoms in total. The van der Waals surface area contributed by atoms with Crippen molar-refractivity contribution in [3.05, 3.63) is 52.6 Å². The van der Waals surface area contributed by atoms with Crippen LogP contribution >= 0.6 is 11.6 Å². The van der Waals surface area contributed by atoms with Crippen LogP contribution in [-0.4, -0.2) is 37.8 Å². The molecule has 0 bridgehead atoms. The Kier molecular flexibility index (Phi) is 7.46. The van der Waals surface area contributed by atoms with Crippen molar-refractivity contribution in [3.8, 4) is 23.3 Å². The molecule has 2 N–H and O–H groups in total. The Morgan fingerprint density at radius 2 is 1.93 bits per heavy atom. The number of halogens is 1. The van der Waals surface area contributed by atoms with Crippen molar-refractivity contribution in [1.82, 2.24) is 0 Å². The van der Waals surface area contributed by atoms with Crippen LogP contribution < -0.4 is 14.8 Å². The summed E-state index contributed by atoms with van der Waals surface area (Å²) < 4.78 is 15.0. The first kappa shape index (κ1) is 21.6. The van der Waals surface area contributed by atoms with Crippen LogP contribution in [0.5, 0.6) is 17.2 Å². The second-order valence-electron chi connectivity index (χ2n) is 5.57. The maximum absolute atomic E-state index is 12.3. The highest BCUT2D eigenvalue weighted by atomic mass is 35.5. The lowest BCUT2D eigenvalue weighted by Gasteiger charge is -2.12. The predicted molar refractivity (Wildman–Crippen MR) is 106 cm³/mol. The maximum Gasteiger partial charge on any atom is 0.343 e. The standard InChI is InChI=1S/C20H17ClN2O6/c1-27-17-9-12(8-16(21)19(17)29-11-18(25)28-2)7-13(10-22)20(26)23-14-3-5-15(24)6-4-14/h3-9,24H,11H2,1-2H3,(H,23,26). The molecular formula is C20H17ClN2O6. The molecular weight excluding hydrogens is 400 g/mol. The second-order valence-corrected chi connectivity index (χ2v) is 5.98. The fourth-order valence-corrected chi connectivity index (χ4v) is 2.49. The number of benzene rings is 2. The maximum atomic E-state index is 12.3. The molecule has 29 heavy (non-hydrogen) atoms. The van der Waals surface area contributed by atoms with Gasteiger partial charge in [0.15, 0.2) is 18.1 Å². The van der Waals surface area contributed by atoms with E-state index in [4.69, 9.17) is 21.1 Å². The molecule has 0 atom stereocenters. The van der Waals surface area contributed by atoms with E-state index in [0.29, 0.717) is 11.3 Å². The Balaban J connectivity index is 2.26. The smallest absolute Gasteiger partial charge is 0.343 e. The molecule has 0 fully saturated rings. The number of hydrogen-bond acceptors (Lipinski definition) is 7. The molecule has 0 aromatic heterocycles. The van der Waals surface area contributed by atoms with Crippen LogP contribution in [0.4, 0.5) is 5.69 Å². The Labute approximate surface area is 171 Å². The third-order valence-electron chi connectivity index (χ3n) is 3.62. The molecule has 9 heteroatoms. The van der Waals surface area contributed by atoms with Crippen LogP contribution in [0, 0.1) is 11.3 Å². The number of phenolic OH excluding ortho intramolecular Hbond substituents is 1. The summed E-state index contributed by atoms with van der Waals surface area (Å²) in [7, 11) is 2.61. The number of ether oxygens (including phenoxy) is 3. The lowest BCUT2D eigenvalue weighted by Crippen LogP contribution is -2.13. The van der Waals surface area contributed by atoms with E-state index in [-0.39, 0.29) is 34.5 Å². The van der Waals surface area contributed by atoms with Gasteiger partial charge in [0, 0.05) is 5.69 Å². The van der Waals surface area contributed by atoms with Gasteiger partial charge in [0.2, 0.25) is 0 Å². The molecule has 0 saturated heterocycles. The topological polar surface area (TPSA) is 118 Å². The van der Waals surface area contributed by atoms with Crippen LogP contribution in [0.1, 0.15) is 5.56 Å². The van der Waals surface area contributed by atoms with Gasteiger partial charge in [-0.3, -0.25) is 4.79 Å². The summed E-state index contributed by atoms with van der Waals surface area (Å²) in [4.78, 5) is 23.6. The predicted octanol–water partition coefficient (Wildman–Crippen LogP) is 3.15. The van der Waals surface area contributed by atoms with Gasteiger partial charge < -0.3 is 24.6 Å². The summed E-state index contributed by atoms with van der Waals surface area (Å²) in [6.07, 6.45) is 1.33. The number of carbonyl (C=O) groups excluding carboxylic acids is 2. The minimum Gasteiger partial charge on any atom is -0.508 e. The van der Waals surface area contributed by atoms with E-state index in [9.17, 15) is 20.0 Å². The Morgan fingerprint density at radius 3 is 2.52 bits per heavy atom. The van der Waals surface area contributed by atoms with Crippen molar-refractivity contribution < 1.29 is 28.9 Å². The van der Waals surface area contributed by atoms with Crippen molar-refractivity contribution in [3.63, 3.8) is 0 Å². The lowest BCUT2D eigenvalue weighted by molar-refractivity contribution is -0.142. The number of esters is 1. The van der Waals surface area contributed by atoms with Gasteiger partial charge in [0.1, 0.15) is 17.4 Å². The summed E-state index contributed by atoms with van der Waals surface area (Å²) >= 11 is 6.20. The molecule has 2 rings (SSSR count). The fraction of sp³-hybridized carbons (Fsp3) is 0.150. The molecule has 150 valence electrons. The molecule has 0 unspecified atom stereocenters. The number of hydrogen-bond donors (Lipinski definition) is 2. The van der Waals surface area contributed by atoms with Gasteiger partial charge in [-0.25, -0.2) is 4.79 Å². The molecule has 0 spiro atoms. The van der Waals surface area contributed by atoms with Crippen molar-refractivity contribution in [2.45, 2.75) is 0 Å². The van der Waals surface area contributed by atoms with Gasteiger partial charge in [0.25, 0.3) is 5.91 Å². The van der Waals surface area contributed by atoms with Crippen molar-refractivity contribution in [1.29, 1.82) is 5.26 Å². The third-order valence-corrected chi connectivity index (χ3v) is 3.90. The van der Waals surface area contributed by atoms with E-state index in [0.717, 1.165) is 0 Å². The number of nitrogens with zero attached hydrogens (tertiary/aromatic N) is 1. The quantitative estimate of drug-likeness (QED) is 0.308. The molecule has 0 aliphatic carbocycles. The first-order valence-corrected chi connectivity index (χ1v) is 8.55. The molecule has 0 saturated carbocycles. The van der Waals surface area contributed by atoms with E-state index >= 15 is 0 Å². The summed E-state index contributed by atoms with van der Waals surface area (Å²) in [6, 6.07) is 10.6. The SMILES string of the molecule is COC(=O)COc1c(Cl)cc(C=C(C#N)C(=O)Nc2ccc(O)cc2)cc1OC. The van der Waals surface area contributed by atoms with E-state index in [2.05, 4.69) is 10.1 Å². The highest BCUT2D eigenvalue weighted by Gasteiger charge is 2.15. The molecule has 0 aliphatic rings. The van der Waals surface area contributed by atoms with Gasteiger partial charge >= 0.3 is 5.97 Å². The fourth-order valence-electron chi connectivity index (χ4n) is 2.21. The summed E-state index contributed by atoms with van der Waals surface area (Å²) in [5, 5.41) is 21.3. The van der Waals surface area contributed by atoms with Crippen LogP contribution in [0.25, 0.3) is 6.08 Å². The second kappa shape index (κ2) is 10.0. The van der Waals surface area contributed by atoms with E-state index < -0.39 is 11.9 Å². The van der Waals surface area contributed by atoms with E-state index in [1.807, 2.05) is 6.07 Å². The molecule has 1 amide bonds. The van der Waals surface area contributed by atoms with Gasteiger partial charge in [-0.1, -0.05) is 11.6 Å². The number of rotatable bonds is 7.